The molecule has 0 bridgehead atoms. The topological polar surface area (TPSA) is 49.3 Å². The maximum Gasteiger partial charge on any atom is 0.346 e. The minimum Gasteiger partial charge on any atom is -0.477 e. The Balaban J connectivity index is 2.14. The van der Waals surface area contributed by atoms with Crippen LogP contribution in [0.25, 0.3) is 0 Å². The molecule has 0 spiro atoms. The summed E-state index contributed by atoms with van der Waals surface area (Å²) in [5, 5.41) is 14.7. The van der Waals surface area contributed by atoms with Gasteiger partial charge in [-0.2, -0.15) is 0 Å². The van der Waals surface area contributed by atoms with Crippen molar-refractivity contribution in [1.82, 2.24) is 0 Å². The van der Waals surface area contributed by atoms with Gasteiger partial charge in [0.15, 0.2) is 0 Å². The lowest BCUT2D eigenvalue weighted by Crippen LogP contribution is -2.04. The number of carboxylic acid groups (broad SMARTS) is 1. The lowest BCUT2D eigenvalue weighted by molar-refractivity contribution is 0.0701. The first-order valence-electron chi connectivity index (χ1n) is 5.07. The number of nitrogens with one attached hydrogen (secondary N) is 1. The Morgan fingerprint density at radius 3 is 2.83 bits per heavy atom. The molecule has 3 nitrogen and oxygen atoms in total. The molecule has 0 aliphatic heterocycles. The van der Waals surface area contributed by atoms with Gasteiger partial charge in [0.25, 0.3) is 0 Å². The van der Waals surface area contributed by atoms with Crippen molar-refractivity contribution in [3.05, 3.63) is 50.1 Å². The zero-order valence-corrected chi connectivity index (χ0v) is 11.4. The fourth-order valence-electron chi connectivity index (χ4n) is 1.49. The number of aromatic carboxylic acids is 1. The monoisotopic (exact) mass is 301 g/mol. The van der Waals surface area contributed by atoms with E-state index in [4.69, 9.17) is 28.3 Å². The van der Waals surface area contributed by atoms with Crippen LogP contribution in [-0.2, 0) is 6.54 Å². The highest BCUT2D eigenvalue weighted by molar-refractivity contribution is 7.12. The Kier molecular flexibility index (Phi) is 4.11. The van der Waals surface area contributed by atoms with Crippen molar-refractivity contribution in [1.29, 1.82) is 0 Å². The van der Waals surface area contributed by atoms with Crippen LogP contribution in [-0.4, -0.2) is 11.1 Å². The maximum absolute atomic E-state index is 11.0. The van der Waals surface area contributed by atoms with Gasteiger partial charge in [-0.15, -0.1) is 11.3 Å². The van der Waals surface area contributed by atoms with Crippen LogP contribution in [0, 0.1) is 0 Å². The van der Waals surface area contributed by atoms with Gasteiger partial charge >= 0.3 is 5.97 Å². The van der Waals surface area contributed by atoms with Crippen LogP contribution in [0.1, 0.15) is 15.2 Å². The molecule has 94 valence electrons. The molecule has 6 heteroatoms. The first-order chi connectivity index (χ1) is 8.59. The first kappa shape index (κ1) is 13.2. The molecule has 2 aromatic rings. The van der Waals surface area contributed by atoms with E-state index in [9.17, 15) is 4.79 Å². The fourth-order valence-corrected chi connectivity index (χ4v) is 2.62. The zero-order valence-electron chi connectivity index (χ0n) is 9.11. The van der Waals surface area contributed by atoms with Crippen molar-refractivity contribution in [2.45, 2.75) is 6.54 Å². The molecule has 0 atom stereocenters. The average molecular weight is 302 g/mol. The summed E-state index contributed by atoms with van der Waals surface area (Å²) < 4.78 is 0. The summed E-state index contributed by atoms with van der Waals surface area (Å²) in [5.74, 6) is -0.918. The van der Waals surface area contributed by atoms with E-state index in [0.29, 0.717) is 27.2 Å². The molecular formula is C12H9Cl2NO2S. The lowest BCUT2D eigenvalue weighted by Gasteiger charge is -2.08. The van der Waals surface area contributed by atoms with E-state index in [1.807, 2.05) is 0 Å². The van der Waals surface area contributed by atoms with E-state index in [0.717, 1.165) is 5.56 Å². The Labute approximate surface area is 118 Å². The normalized spacial score (nSPS) is 10.3. The molecule has 18 heavy (non-hydrogen) atoms. The summed E-state index contributed by atoms with van der Waals surface area (Å²) in [6, 6.07) is 7.05. The fraction of sp³-hybridized carbons (Fsp3) is 0.0833. The van der Waals surface area contributed by atoms with Crippen LogP contribution in [0.3, 0.4) is 0 Å². The zero-order chi connectivity index (χ0) is 13.1. The number of hydrogen-bond donors (Lipinski definition) is 2. The Morgan fingerprint density at radius 2 is 2.11 bits per heavy atom. The number of carboxylic acids is 1. The van der Waals surface area contributed by atoms with Gasteiger partial charge in [0.05, 0.1) is 15.7 Å². The maximum atomic E-state index is 11.0. The summed E-state index contributed by atoms with van der Waals surface area (Å²) in [6.07, 6.45) is 0. The molecule has 0 aliphatic rings. The van der Waals surface area contributed by atoms with Crippen LogP contribution >= 0.6 is 34.5 Å². The van der Waals surface area contributed by atoms with Crippen molar-refractivity contribution < 1.29 is 9.90 Å². The van der Waals surface area contributed by atoms with E-state index in [2.05, 4.69) is 5.32 Å². The second kappa shape index (κ2) is 5.61. The molecule has 0 unspecified atom stereocenters. The third-order valence-electron chi connectivity index (χ3n) is 2.36. The Bertz CT molecular complexity index is 583. The van der Waals surface area contributed by atoms with Gasteiger partial charge in [-0.25, -0.2) is 4.79 Å². The van der Waals surface area contributed by atoms with Gasteiger partial charge in [-0.3, -0.25) is 0 Å². The molecule has 0 radical (unpaired) electrons. The van der Waals surface area contributed by atoms with Crippen molar-refractivity contribution in [3.8, 4) is 0 Å². The molecule has 1 heterocycles. The largest absolute Gasteiger partial charge is 0.477 e. The summed E-state index contributed by atoms with van der Waals surface area (Å²) >= 11 is 13.1. The molecule has 0 aliphatic carbocycles. The average Bonchev–Trinajstić information content (AvgIpc) is 2.79. The molecule has 2 N–H and O–H groups in total. The Hall–Kier alpha value is -1.23. The standard InChI is InChI=1S/C12H9Cl2NO2S/c13-8-2-1-3-9(10(8)14)15-6-7-4-5-18-11(7)12(16)17/h1-5,15H,6H2,(H,16,17). The third-order valence-corrected chi connectivity index (χ3v) is 4.13. The van der Waals surface area contributed by atoms with Gasteiger partial charge in [-0.1, -0.05) is 29.3 Å². The van der Waals surface area contributed by atoms with Crippen molar-refractivity contribution in [2.24, 2.45) is 0 Å². The number of thiophene rings is 1. The molecular weight excluding hydrogens is 293 g/mol. The van der Waals surface area contributed by atoms with Crippen LogP contribution < -0.4 is 5.32 Å². The van der Waals surface area contributed by atoms with Crippen LogP contribution in [0.2, 0.25) is 10.0 Å². The van der Waals surface area contributed by atoms with Gasteiger partial charge in [0.1, 0.15) is 4.88 Å². The van der Waals surface area contributed by atoms with E-state index < -0.39 is 5.97 Å². The number of anilines is 1. The molecule has 2 rings (SSSR count). The SMILES string of the molecule is O=C(O)c1sccc1CNc1cccc(Cl)c1Cl. The number of rotatable bonds is 4. The van der Waals surface area contributed by atoms with Gasteiger partial charge in [0.2, 0.25) is 0 Å². The molecule has 0 amide bonds. The third kappa shape index (κ3) is 2.77. The van der Waals surface area contributed by atoms with E-state index >= 15 is 0 Å². The highest BCUT2D eigenvalue weighted by Gasteiger charge is 2.12. The number of hydrogen-bond acceptors (Lipinski definition) is 3. The summed E-state index contributed by atoms with van der Waals surface area (Å²) in [4.78, 5) is 11.3. The van der Waals surface area contributed by atoms with E-state index in [1.165, 1.54) is 11.3 Å². The highest BCUT2D eigenvalue weighted by atomic mass is 35.5. The molecule has 1 aromatic carbocycles. The molecule has 0 fully saturated rings. The second-order valence-electron chi connectivity index (χ2n) is 3.54. The molecule has 1 aromatic heterocycles. The quantitative estimate of drug-likeness (QED) is 0.882. The smallest absolute Gasteiger partial charge is 0.346 e. The summed E-state index contributed by atoms with van der Waals surface area (Å²) in [5.41, 5.74) is 1.41. The first-order valence-corrected chi connectivity index (χ1v) is 6.70. The number of halogens is 2. The highest BCUT2D eigenvalue weighted by Crippen LogP contribution is 2.30. The molecule has 0 saturated heterocycles. The van der Waals surface area contributed by atoms with Gasteiger partial charge in [-0.05, 0) is 29.1 Å². The second-order valence-corrected chi connectivity index (χ2v) is 5.24. The van der Waals surface area contributed by atoms with Gasteiger partial charge < -0.3 is 10.4 Å². The number of carbonyl (C=O) groups is 1. The Morgan fingerprint density at radius 1 is 1.33 bits per heavy atom. The minimum absolute atomic E-state index is 0.334. The van der Waals surface area contributed by atoms with Crippen molar-refractivity contribution >= 4 is 46.2 Å². The lowest BCUT2D eigenvalue weighted by atomic mass is 10.2. The predicted octanol–water partition coefficient (Wildman–Crippen LogP) is 4.37. The van der Waals surface area contributed by atoms with Crippen molar-refractivity contribution in [2.75, 3.05) is 5.32 Å². The van der Waals surface area contributed by atoms with Crippen LogP contribution in [0.4, 0.5) is 5.69 Å². The van der Waals surface area contributed by atoms with Crippen LogP contribution in [0.15, 0.2) is 29.6 Å². The predicted molar refractivity (Wildman–Crippen MR) is 75.1 cm³/mol. The summed E-state index contributed by atoms with van der Waals surface area (Å²) in [7, 11) is 0. The van der Waals surface area contributed by atoms with Crippen molar-refractivity contribution in [3.63, 3.8) is 0 Å². The van der Waals surface area contributed by atoms with Crippen LogP contribution in [0.5, 0.6) is 0 Å². The summed E-state index contributed by atoms with van der Waals surface area (Å²) in [6.45, 7) is 0.394. The van der Waals surface area contributed by atoms with Gasteiger partial charge in [0, 0.05) is 6.54 Å². The van der Waals surface area contributed by atoms with E-state index in [1.54, 1.807) is 29.6 Å². The minimum atomic E-state index is -0.918. The van der Waals surface area contributed by atoms with E-state index in [-0.39, 0.29) is 0 Å². The molecule has 0 saturated carbocycles. The number of benzene rings is 1.